The Morgan fingerprint density at radius 1 is 1.50 bits per heavy atom. The molecule has 6 nitrogen and oxygen atoms in total. The third-order valence-corrected chi connectivity index (χ3v) is 6.74. The molecule has 1 heterocycles. The lowest BCUT2D eigenvalue weighted by molar-refractivity contribution is 0.551. The summed E-state index contributed by atoms with van der Waals surface area (Å²) in [5.74, 6) is 0.0592. The fourth-order valence-electron chi connectivity index (χ4n) is 2.56. The second kappa shape index (κ2) is 5.95. The van der Waals surface area contributed by atoms with Crippen molar-refractivity contribution in [2.75, 3.05) is 18.5 Å². The molecular weight excluding hydrogens is 296 g/mol. The summed E-state index contributed by atoms with van der Waals surface area (Å²) in [4.78, 5) is 0.0774. The van der Waals surface area contributed by atoms with Crippen molar-refractivity contribution < 1.29 is 8.42 Å². The minimum Gasteiger partial charge on any atom is -0.381 e. The molecule has 1 fully saturated rings. The van der Waals surface area contributed by atoms with Gasteiger partial charge in [-0.1, -0.05) is 12.8 Å². The van der Waals surface area contributed by atoms with Crippen LogP contribution in [0.4, 0.5) is 5.82 Å². The van der Waals surface area contributed by atoms with Crippen molar-refractivity contribution in [2.24, 2.45) is 0 Å². The minimum absolute atomic E-state index is 0.0303. The van der Waals surface area contributed by atoms with Gasteiger partial charge in [-0.3, -0.25) is 4.68 Å². The van der Waals surface area contributed by atoms with Gasteiger partial charge in [0.1, 0.15) is 4.90 Å². The standard InChI is InChI=1S/C12H22N4O2S2/c1-3-16-8-10(11(13)15-16)20(17,18)14-9-12(19-2)6-4-5-7-12/h8,14H,3-7,9H2,1-2H3,(H2,13,15). The summed E-state index contributed by atoms with van der Waals surface area (Å²) in [6.45, 7) is 2.93. The smallest absolute Gasteiger partial charge is 0.245 e. The first kappa shape index (κ1) is 15.7. The number of aromatic nitrogens is 2. The summed E-state index contributed by atoms with van der Waals surface area (Å²) in [7, 11) is -3.59. The van der Waals surface area contributed by atoms with Crippen molar-refractivity contribution >= 4 is 27.6 Å². The van der Waals surface area contributed by atoms with Crippen LogP contribution in [0.2, 0.25) is 0 Å². The van der Waals surface area contributed by atoms with E-state index in [1.807, 2.05) is 13.2 Å². The summed E-state index contributed by atoms with van der Waals surface area (Å²) in [6.07, 6.45) is 7.97. The molecule has 0 spiro atoms. The number of rotatable bonds is 6. The van der Waals surface area contributed by atoms with Gasteiger partial charge in [-0.05, 0) is 26.0 Å². The van der Waals surface area contributed by atoms with Gasteiger partial charge in [0.2, 0.25) is 10.0 Å². The van der Waals surface area contributed by atoms with Crippen LogP contribution in [-0.4, -0.2) is 35.7 Å². The normalized spacial score (nSPS) is 18.5. The van der Waals surface area contributed by atoms with Crippen molar-refractivity contribution in [3.8, 4) is 0 Å². The fraction of sp³-hybridized carbons (Fsp3) is 0.750. The van der Waals surface area contributed by atoms with E-state index in [0.29, 0.717) is 13.1 Å². The van der Waals surface area contributed by atoms with E-state index in [-0.39, 0.29) is 15.5 Å². The Morgan fingerprint density at radius 3 is 2.65 bits per heavy atom. The highest BCUT2D eigenvalue weighted by atomic mass is 32.2. The molecule has 1 aromatic heterocycles. The number of nitrogens with two attached hydrogens (primary N) is 1. The monoisotopic (exact) mass is 318 g/mol. The molecule has 0 aromatic carbocycles. The van der Waals surface area contributed by atoms with Crippen molar-refractivity contribution in [2.45, 2.75) is 48.8 Å². The van der Waals surface area contributed by atoms with Crippen LogP contribution < -0.4 is 10.5 Å². The number of aryl methyl sites for hydroxylation is 1. The van der Waals surface area contributed by atoms with Crippen LogP contribution in [0.15, 0.2) is 11.1 Å². The number of nitrogen functional groups attached to an aromatic ring is 1. The van der Waals surface area contributed by atoms with Gasteiger partial charge >= 0.3 is 0 Å². The van der Waals surface area contributed by atoms with E-state index in [1.165, 1.54) is 23.7 Å². The first-order valence-corrected chi connectivity index (χ1v) is 9.51. The second-order valence-corrected chi connectivity index (χ2v) is 8.16. The lowest BCUT2D eigenvalue weighted by atomic mass is 10.1. The SMILES string of the molecule is CCn1cc(S(=O)(=O)NCC2(SC)CCCC2)c(N)n1. The Kier molecular flexibility index (Phi) is 4.66. The van der Waals surface area contributed by atoms with E-state index in [4.69, 9.17) is 5.73 Å². The number of nitrogens with one attached hydrogen (secondary N) is 1. The average molecular weight is 318 g/mol. The largest absolute Gasteiger partial charge is 0.381 e. The Labute approximate surface area is 124 Å². The quantitative estimate of drug-likeness (QED) is 0.828. The minimum atomic E-state index is -3.59. The number of nitrogens with zero attached hydrogens (tertiary/aromatic N) is 2. The van der Waals surface area contributed by atoms with E-state index >= 15 is 0 Å². The molecule has 0 aliphatic heterocycles. The van der Waals surface area contributed by atoms with Gasteiger partial charge in [-0.15, -0.1) is 0 Å². The second-order valence-electron chi connectivity index (χ2n) is 5.15. The zero-order valence-electron chi connectivity index (χ0n) is 11.9. The van der Waals surface area contributed by atoms with Crippen LogP contribution in [0.1, 0.15) is 32.6 Å². The molecule has 2 rings (SSSR count). The van der Waals surface area contributed by atoms with Gasteiger partial charge in [0.25, 0.3) is 0 Å². The molecule has 1 aliphatic carbocycles. The van der Waals surface area contributed by atoms with Crippen LogP contribution in [0.25, 0.3) is 0 Å². The van der Waals surface area contributed by atoms with Crippen LogP contribution in [0, 0.1) is 0 Å². The molecule has 0 atom stereocenters. The van der Waals surface area contributed by atoms with Gasteiger partial charge in [0.15, 0.2) is 5.82 Å². The van der Waals surface area contributed by atoms with Gasteiger partial charge in [0.05, 0.1) is 0 Å². The van der Waals surface area contributed by atoms with Crippen molar-refractivity contribution in [1.82, 2.24) is 14.5 Å². The maximum atomic E-state index is 12.3. The predicted octanol–water partition coefficient (Wildman–Crippen LogP) is 1.44. The van der Waals surface area contributed by atoms with E-state index in [0.717, 1.165) is 12.8 Å². The number of thioether (sulfide) groups is 1. The zero-order valence-corrected chi connectivity index (χ0v) is 13.6. The van der Waals surface area contributed by atoms with Crippen molar-refractivity contribution in [3.05, 3.63) is 6.20 Å². The van der Waals surface area contributed by atoms with E-state index < -0.39 is 10.0 Å². The third kappa shape index (κ3) is 3.12. The fourth-order valence-corrected chi connectivity index (χ4v) is 4.77. The number of hydrogen-bond donors (Lipinski definition) is 2. The van der Waals surface area contributed by atoms with Gasteiger partial charge < -0.3 is 5.73 Å². The van der Waals surface area contributed by atoms with Crippen molar-refractivity contribution in [3.63, 3.8) is 0 Å². The van der Waals surface area contributed by atoms with Crippen LogP contribution in [0.5, 0.6) is 0 Å². The molecule has 0 amide bonds. The molecule has 8 heteroatoms. The van der Waals surface area contributed by atoms with Crippen molar-refractivity contribution in [1.29, 1.82) is 0 Å². The molecule has 3 N–H and O–H groups in total. The van der Waals surface area contributed by atoms with Gasteiger partial charge in [0, 0.05) is 24.0 Å². The molecule has 0 unspecified atom stereocenters. The molecule has 1 saturated carbocycles. The lowest BCUT2D eigenvalue weighted by Gasteiger charge is -2.26. The molecule has 1 aliphatic rings. The zero-order chi connectivity index (χ0) is 14.8. The summed E-state index contributed by atoms with van der Waals surface area (Å²) in [5, 5.41) is 3.98. The number of hydrogen-bond acceptors (Lipinski definition) is 5. The average Bonchev–Trinajstić information content (AvgIpc) is 3.04. The Bertz CT molecular complexity index is 562. The number of anilines is 1. The van der Waals surface area contributed by atoms with E-state index in [2.05, 4.69) is 9.82 Å². The topological polar surface area (TPSA) is 90.0 Å². The summed E-state index contributed by atoms with van der Waals surface area (Å²) in [6, 6.07) is 0. The van der Waals surface area contributed by atoms with Gasteiger partial charge in [-0.2, -0.15) is 16.9 Å². The summed E-state index contributed by atoms with van der Waals surface area (Å²) in [5.41, 5.74) is 5.70. The highest BCUT2D eigenvalue weighted by molar-refractivity contribution is 8.00. The van der Waals surface area contributed by atoms with Gasteiger partial charge in [-0.25, -0.2) is 13.1 Å². The maximum Gasteiger partial charge on any atom is 0.245 e. The summed E-state index contributed by atoms with van der Waals surface area (Å²) >= 11 is 1.75. The highest BCUT2D eigenvalue weighted by Crippen LogP contribution is 2.39. The van der Waals surface area contributed by atoms with Crippen LogP contribution in [0.3, 0.4) is 0 Å². The number of sulfonamides is 1. The molecule has 0 radical (unpaired) electrons. The molecule has 0 saturated heterocycles. The van der Waals surface area contributed by atoms with Crippen LogP contribution in [-0.2, 0) is 16.6 Å². The highest BCUT2D eigenvalue weighted by Gasteiger charge is 2.34. The molecule has 114 valence electrons. The predicted molar refractivity (Wildman–Crippen MR) is 82.2 cm³/mol. The Hall–Kier alpha value is -0.730. The Morgan fingerprint density at radius 2 is 2.15 bits per heavy atom. The molecule has 1 aromatic rings. The first-order valence-electron chi connectivity index (χ1n) is 6.80. The third-order valence-electron chi connectivity index (χ3n) is 3.90. The summed E-state index contributed by atoms with van der Waals surface area (Å²) < 4.78 is 29.0. The lowest BCUT2D eigenvalue weighted by Crippen LogP contribution is -2.38. The first-order chi connectivity index (χ1) is 9.42. The maximum absolute atomic E-state index is 12.3. The Balaban J connectivity index is 2.12. The van der Waals surface area contributed by atoms with Crippen LogP contribution >= 0.6 is 11.8 Å². The van der Waals surface area contributed by atoms with E-state index in [1.54, 1.807) is 11.8 Å². The molecule has 20 heavy (non-hydrogen) atoms. The molecular formula is C12H22N4O2S2. The molecule has 0 bridgehead atoms. The van der Waals surface area contributed by atoms with E-state index in [9.17, 15) is 8.42 Å².